The average molecular weight is 374 g/mol. The van der Waals surface area contributed by atoms with Crippen LogP contribution < -0.4 is 22.9 Å². The Balaban J connectivity index is 0.000000245. The minimum Gasteiger partial charge on any atom is -0.474 e. The van der Waals surface area contributed by atoms with E-state index >= 15 is 0 Å². The number of hydrogen-bond acceptors (Lipinski definition) is 4. The predicted molar refractivity (Wildman–Crippen MR) is 55.7 cm³/mol. The molecular formula is C10H14N4W. The van der Waals surface area contributed by atoms with Gasteiger partial charge in [0.2, 0.25) is 0 Å². The van der Waals surface area contributed by atoms with Crippen LogP contribution in [0.3, 0.4) is 0 Å². The van der Waals surface area contributed by atoms with E-state index in [4.69, 9.17) is 22.9 Å². The van der Waals surface area contributed by atoms with Crippen molar-refractivity contribution in [3.63, 3.8) is 0 Å². The van der Waals surface area contributed by atoms with Crippen LogP contribution in [-0.2, 0) is 21.1 Å². The van der Waals surface area contributed by atoms with Gasteiger partial charge >= 0.3 is 21.1 Å². The van der Waals surface area contributed by atoms with E-state index in [0.717, 1.165) is 12.8 Å². The summed E-state index contributed by atoms with van der Waals surface area (Å²) in [6.07, 6.45) is 10.9. The second-order valence-corrected chi connectivity index (χ2v) is 2.91. The van der Waals surface area contributed by atoms with Gasteiger partial charge in [0.25, 0.3) is 0 Å². The largest absolute Gasteiger partial charge is 2.00 e. The molecule has 0 aromatic heterocycles. The van der Waals surface area contributed by atoms with Crippen LogP contribution in [0.2, 0.25) is 0 Å². The van der Waals surface area contributed by atoms with Gasteiger partial charge < -0.3 is 22.9 Å². The fourth-order valence-corrected chi connectivity index (χ4v) is 0.966. The second kappa shape index (κ2) is 6.35. The topological polar surface area (TPSA) is 104 Å². The Morgan fingerprint density at radius 3 is 1.20 bits per heavy atom. The molecule has 80 valence electrons. The van der Waals surface area contributed by atoms with Crippen LogP contribution in [0, 0.1) is 12.2 Å². The van der Waals surface area contributed by atoms with Crippen molar-refractivity contribution in [2.24, 2.45) is 22.9 Å². The zero-order chi connectivity index (χ0) is 10.6. The maximum Gasteiger partial charge on any atom is 2.00 e. The summed E-state index contributed by atoms with van der Waals surface area (Å²) in [6, 6.07) is 0. The van der Waals surface area contributed by atoms with E-state index in [1.807, 2.05) is 12.2 Å². The Morgan fingerprint density at radius 1 is 0.800 bits per heavy atom. The number of nitrogens with two attached hydrogens (primary N) is 4. The third kappa shape index (κ3) is 4.26. The minimum absolute atomic E-state index is 0. The van der Waals surface area contributed by atoms with Gasteiger partial charge in [-0.25, -0.2) is 12.2 Å². The third-order valence-electron chi connectivity index (χ3n) is 1.85. The summed E-state index contributed by atoms with van der Waals surface area (Å²) in [5, 5.41) is 0. The molecule has 0 radical (unpaired) electrons. The molecule has 2 rings (SSSR count). The van der Waals surface area contributed by atoms with E-state index in [1.165, 1.54) is 0 Å². The molecule has 0 aromatic rings. The number of rotatable bonds is 0. The molecule has 5 heteroatoms. The normalized spacial score (nSPS) is 17.6. The van der Waals surface area contributed by atoms with E-state index < -0.39 is 0 Å². The SMILES string of the molecule is NC1=[C-]CC=C1N.NC1=[C-]CC=C1N.[W+2]. The molecule has 2 aliphatic rings. The molecule has 8 N–H and O–H groups in total. The second-order valence-electron chi connectivity index (χ2n) is 2.91. The van der Waals surface area contributed by atoms with Crippen LogP contribution in [0.25, 0.3) is 0 Å². The Hall–Kier alpha value is -1.15. The summed E-state index contributed by atoms with van der Waals surface area (Å²) in [5.74, 6) is 0. The molecular weight excluding hydrogens is 360 g/mol. The molecule has 0 saturated carbocycles. The molecule has 0 atom stereocenters. The summed E-state index contributed by atoms with van der Waals surface area (Å²) >= 11 is 0. The van der Waals surface area contributed by atoms with E-state index in [9.17, 15) is 0 Å². The molecule has 0 aliphatic heterocycles. The van der Waals surface area contributed by atoms with Crippen LogP contribution in [0.5, 0.6) is 0 Å². The number of allylic oxidation sites excluding steroid dienone is 4. The molecule has 0 fully saturated rings. The summed E-state index contributed by atoms with van der Waals surface area (Å²) < 4.78 is 0. The van der Waals surface area contributed by atoms with Crippen LogP contribution >= 0.6 is 0 Å². The predicted octanol–water partition coefficient (Wildman–Crippen LogP) is -0.246. The van der Waals surface area contributed by atoms with Gasteiger partial charge in [-0.05, 0) is 0 Å². The van der Waals surface area contributed by atoms with E-state index in [0.29, 0.717) is 22.8 Å². The summed E-state index contributed by atoms with van der Waals surface area (Å²) in [6.45, 7) is 0. The molecule has 0 heterocycles. The van der Waals surface area contributed by atoms with E-state index in [2.05, 4.69) is 12.2 Å². The zero-order valence-electron chi connectivity index (χ0n) is 8.29. The smallest absolute Gasteiger partial charge is 0.474 e. The molecule has 4 nitrogen and oxygen atoms in total. The first kappa shape index (κ1) is 13.8. The van der Waals surface area contributed by atoms with Crippen molar-refractivity contribution in [2.75, 3.05) is 0 Å². The van der Waals surface area contributed by atoms with Crippen LogP contribution in [0.15, 0.2) is 34.9 Å². The van der Waals surface area contributed by atoms with Crippen LogP contribution in [0.4, 0.5) is 0 Å². The molecule has 0 spiro atoms. The summed E-state index contributed by atoms with van der Waals surface area (Å²) in [5.41, 5.74) is 23.7. The molecule has 0 unspecified atom stereocenters. The van der Waals surface area contributed by atoms with Crippen molar-refractivity contribution in [3.8, 4) is 0 Å². The Labute approximate surface area is 104 Å². The maximum atomic E-state index is 5.31. The Bertz CT molecular complexity index is 273. The standard InChI is InChI=1S/2C5H7N2.W/c2*6-4-2-1-3-5(4)7;/h2*2H,1,6-7H2;/q2*-1;+2. The van der Waals surface area contributed by atoms with Crippen molar-refractivity contribution >= 4 is 0 Å². The fourth-order valence-electron chi connectivity index (χ4n) is 0.966. The van der Waals surface area contributed by atoms with Crippen LogP contribution in [-0.4, -0.2) is 0 Å². The van der Waals surface area contributed by atoms with Crippen LogP contribution in [0.1, 0.15) is 12.8 Å². The molecule has 0 bridgehead atoms. The van der Waals surface area contributed by atoms with Crippen molar-refractivity contribution in [2.45, 2.75) is 12.8 Å². The molecule has 0 saturated heterocycles. The molecule has 15 heavy (non-hydrogen) atoms. The third-order valence-corrected chi connectivity index (χ3v) is 1.85. The summed E-state index contributed by atoms with van der Waals surface area (Å²) in [4.78, 5) is 0. The van der Waals surface area contributed by atoms with Gasteiger partial charge in [0.1, 0.15) is 0 Å². The zero-order valence-corrected chi connectivity index (χ0v) is 11.2. The van der Waals surface area contributed by atoms with Gasteiger partial charge in [-0.3, -0.25) is 0 Å². The Kier molecular flexibility index (Phi) is 5.87. The maximum absolute atomic E-state index is 5.31. The molecule has 0 aromatic carbocycles. The van der Waals surface area contributed by atoms with Crippen molar-refractivity contribution in [1.29, 1.82) is 0 Å². The van der Waals surface area contributed by atoms with Gasteiger partial charge in [-0.2, -0.15) is 12.2 Å². The van der Waals surface area contributed by atoms with Crippen molar-refractivity contribution in [1.82, 2.24) is 0 Å². The average Bonchev–Trinajstić information content (AvgIpc) is 2.67. The molecule has 0 amide bonds. The van der Waals surface area contributed by atoms with Gasteiger partial charge in [-0.1, -0.05) is 0 Å². The summed E-state index contributed by atoms with van der Waals surface area (Å²) in [7, 11) is 0. The quantitative estimate of drug-likeness (QED) is 0.439. The monoisotopic (exact) mass is 374 g/mol. The first-order chi connectivity index (χ1) is 6.61. The van der Waals surface area contributed by atoms with Gasteiger partial charge in [0.05, 0.1) is 0 Å². The van der Waals surface area contributed by atoms with Crippen molar-refractivity contribution < 1.29 is 21.1 Å². The molecule has 2 aliphatic carbocycles. The fraction of sp³-hybridized carbons (Fsp3) is 0.200. The number of hydrogen-bond donors (Lipinski definition) is 4. The van der Waals surface area contributed by atoms with Gasteiger partial charge in [0, 0.05) is 0 Å². The van der Waals surface area contributed by atoms with E-state index in [1.54, 1.807) is 0 Å². The first-order valence-electron chi connectivity index (χ1n) is 4.26. The van der Waals surface area contributed by atoms with Gasteiger partial charge in [0.15, 0.2) is 0 Å². The van der Waals surface area contributed by atoms with E-state index in [-0.39, 0.29) is 21.1 Å². The minimum atomic E-state index is 0. The Morgan fingerprint density at radius 2 is 1.13 bits per heavy atom. The first-order valence-corrected chi connectivity index (χ1v) is 4.26. The van der Waals surface area contributed by atoms with Crippen molar-refractivity contribution in [3.05, 3.63) is 47.1 Å². The van der Waals surface area contributed by atoms with Gasteiger partial charge in [-0.15, -0.1) is 35.6 Å².